The molecule has 2 aliphatic rings. The zero-order valence-electron chi connectivity index (χ0n) is 14.5. The third-order valence-corrected chi connectivity index (χ3v) is 5.13. The van der Waals surface area contributed by atoms with Crippen LogP contribution in [0.4, 0.5) is 4.79 Å². The van der Waals surface area contributed by atoms with Gasteiger partial charge in [0.2, 0.25) is 0 Å². The molecule has 0 spiro atoms. The van der Waals surface area contributed by atoms with Gasteiger partial charge in [-0.1, -0.05) is 12.1 Å². The van der Waals surface area contributed by atoms with Gasteiger partial charge in [0, 0.05) is 18.9 Å². The Morgan fingerprint density at radius 1 is 1.17 bits per heavy atom. The van der Waals surface area contributed by atoms with Crippen LogP contribution in [0.3, 0.4) is 0 Å². The largest absolute Gasteiger partial charge is 0.494 e. The number of rotatable bonds is 4. The maximum absolute atomic E-state index is 10.5. The molecule has 1 saturated heterocycles. The predicted octanol–water partition coefficient (Wildman–Crippen LogP) is 2.16. The van der Waals surface area contributed by atoms with Gasteiger partial charge in [-0.3, -0.25) is 0 Å². The maximum Gasteiger partial charge on any atom is 0.494 e. The molecule has 3 rings (SSSR count). The minimum absolute atomic E-state index is 0.00322. The number of ether oxygens (including phenoxy) is 1. The zero-order valence-corrected chi connectivity index (χ0v) is 14.5. The van der Waals surface area contributed by atoms with Crippen LogP contribution in [0.5, 0.6) is 5.75 Å². The third-order valence-electron chi connectivity index (χ3n) is 5.13. The molecule has 2 fully saturated rings. The molecule has 0 radical (unpaired) electrons. The summed E-state index contributed by atoms with van der Waals surface area (Å²) in [5, 5.41) is 11.1. The van der Waals surface area contributed by atoms with Crippen molar-refractivity contribution in [1.82, 2.24) is 5.32 Å². The van der Waals surface area contributed by atoms with E-state index in [1.807, 2.05) is 52.0 Å². The molecule has 1 aliphatic heterocycles. The minimum Gasteiger partial charge on any atom is -0.490 e. The predicted molar refractivity (Wildman–Crippen MR) is 90.8 cm³/mol. The first-order chi connectivity index (χ1) is 11.2. The Kier molecular flexibility index (Phi) is 4.26. The standard InChI is InChI=1S/C17H24BNO5/c1-16(2)17(3,4)24-18(23-16)11-5-7-13(8-6-11)22-14-9-12(10-14)19-15(20)21/h5-8,12,14,19H,9-10H2,1-4H3,(H,20,21). The van der Waals surface area contributed by atoms with Crippen molar-refractivity contribution < 1.29 is 23.9 Å². The van der Waals surface area contributed by atoms with Gasteiger partial charge >= 0.3 is 13.2 Å². The summed E-state index contributed by atoms with van der Waals surface area (Å²) in [5.41, 5.74) is 0.246. The number of carboxylic acid groups (broad SMARTS) is 1. The molecule has 0 bridgehead atoms. The van der Waals surface area contributed by atoms with Crippen LogP contribution >= 0.6 is 0 Å². The van der Waals surface area contributed by atoms with Gasteiger partial charge < -0.3 is 24.5 Å². The highest BCUT2D eigenvalue weighted by Gasteiger charge is 2.51. The normalized spacial score (nSPS) is 27.4. The lowest BCUT2D eigenvalue weighted by Crippen LogP contribution is -2.48. The summed E-state index contributed by atoms with van der Waals surface area (Å²) >= 11 is 0. The average Bonchev–Trinajstić information content (AvgIpc) is 2.65. The summed E-state index contributed by atoms with van der Waals surface area (Å²) in [5.74, 6) is 0.772. The summed E-state index contributed by atoms with van der Waals surface area (Å²) in [6.07, 6.45) is 0.478. The van der Waals surface area contributed by atoms with Crippen molar-refractivity contribution >= 4 is 18.7 Å². The van der Waals surface area contributed by atoms with Crippen LogP contribution in [0.15, 0.2) is 24.3 Å². The van der Waals surface area contributed by atoms with E-state index in [0.717, 1.165) is 11.2 Å². The van der Waals surface area contributed by atoms with Crippen molar-refractivity contribution in [3.8, 4) is 5.75 Å². The SMILES string of the molecule is CC1(C)OB(c2ccc(OC3CC(NC(=O)O)C3)cc2)OC1(C)C. The summed E-state index contributed by atoms with van der Waals surface area (Å²) in [6, 6.07) is 7.69. The highest BCUT2D eigenvalue weighted by Crippen LogP contribution is 2.36. The zero-order chi connectivity index (χ0) is 17.5. The second-order valence-corrected chi connectivity index (χ2v) is 7.51. The Bertz CT molecular complexity index is 594. The van der Waals surface area contributed by atoms with Gasteiger partial charge in [0.15, 0.2) is 0 Å². The lowest BCUT2D eigenvalue weighted by atomic mass is 9.79. The Balaban J connectivity index is 1.55. The molecule has 0 atom stereocenters. The van der Waals surface area contributed by atoms with Crippen molar-refractivity contribution in [3.05, 3.63) is 24.3 Å². The van der Waals surface area contributed by atoms with Crippen molar-refractivity contribution in [2.24, 2.45) is 0 Å². The van der Waals surface area contributed by atoms with Gasteiger partial charge in [0.05, 0.1) is 11.2 Å². The third kappa shape index (κ3) is 3.37. The lowest BCUT2D eigenvalue weighted by Gasteiger charge is -2.35. The quantitative estimate of drug-likeness (QED) is 0.826. The van der Waals surface area contributed by atoms with Crippen LogP contribution in [0.25, 0.3) is 0 Å². The van der Waals surface area contributed by atoms with Gasteiger partial charge in [0.25, 0.3) is 0 Å². The Labute approximate surface area is 142 Å². The molecule has 130 valence electrons. The summed E-state index contributed by atoms with van der Waals surface area (Å²) in [7, 11) is -0.378. The van der Waals surface area contributed by atoms with Crippen molar-refractivity contribution in [3.63, 3.8) is 0 Å². The van der Waals surface area contributed by atoms with Crippen LogP contribution in [0.2, 0.25) is 0 Å². The van der Waals surface area contributed by atoms with Crippen molar-refractivity contribution in [2.45, 2.75) is 63.9 Å². The Morgan fingerprint density at radius 2 is 1.71 bits per heavy atom. The molecule has 0 aromatic heterocycles. The highest BCUT2D eigenvalue weighted by molar-refractivity contribution is 6.62. The molecule has 1 aromatic rings. The first kappa shape index (κ1) is 17.1. The van der Waals surface area contributed by atoms with Crippen molar-refractivity contribution in [1.29, 1.82) is 0 Å². The Morgan fingerprint density at radius 3 is 2.21 bits per heavy atom. The minimum atomic E-state index is -0.981. The average molecular weight is 333 g/mol. The number of hydrogen-bond acceptors (Lipinski definition) is 4. The van der Waals surface area contributed by atoms with E-state index < -0.39 is 6.09 Å². The molecule has 1 heterocycles. The molecular formula is C17H24BNO5. The van der Waals surface area contributed by atoms with E-state index in [2.05, 4.69) is 5.32 Å². The first-order valence-electron chi connectivity index (χ1n) is 8.28. The number of carbonyl (C=O) groups is 1. The Hall–Kier alpha value is -1.73. The lowest BCUT2D eigenvalue weighted by molar-refractivity contribution is 0.00578. The molecule has 1 saturated carbocycles. The van der Waals surface area contributed by atoms with Gasteiger partial charge in [0.1, 0.15) is 11.9 Å². The van der Waals surface area contributed by atoms with Crippen molar-refractivity contribution in [2.75, 3.05) is 0 Å². The first-order valence-corrected chi connectivity index (χ1v) is 8.28. The fourth-order valence-corrected chi connectivity index (χ4v) is 2.83. The van der Waals surface area contributed by atoms with Crippen LogP contribution in [-0.2, 0) is 9.31 Å². The smallest absolute Gasteiger partial charge is 0.490 e. The second kappa shape index (κ2) is 5.97. The fraction of sp³-hybridized carbons (Fsp3) is 0.588. The fourth-order valence-electron chi connectivity index (χ4n) is 2.83. The number of amides is 1. The van der Waals surface area contributed by atoms with Crippen LogP contribution in [0, 0.1) is 0 Å². The van der Waals surface area contributed by atoms with Crippen LogP contribution < -0.4 is 15.5 Å². The second-order valence-electron chi connectivity index (χ2n) is 7.51. The molecule has 7 heteroatoms. The monoisotopic (exact) mass is 333 g/mol. The van der Waals surface area contributed by atoms with E-state index in [9.17, 15) is 4.79 Å². The van der Waals surface area contributed by atoms with E-state index in [0.29, 0.717) is 12.8 Å². The van der Waals surface area contributed by atoms with Gasteiger partial charge in [-0.2, -0.15) is 0 Å². The van der Waals surface area contributed by atoms with E-state index >= 15 is 0 Å². The van der Waals surface area contributed by atoms with Gasteiger partial charge in [-0.05, 0) is 45.3 Å². The summed E-state index contributed by atoms with van der Waals surface area (Å²) in [6.45, 7) is 8.12. The van der Waals surface area contributed by atoms with Gasteiger partial charge in [-0.25, -0.2) is 4.79 Å². The number of benzene rings is 1. The van der Waals surface area contributed by atoms with E-state index in [4.69, 9.17) is 19.2 Å². The molecular weight excluding hydrogens is 309 g/mol. The molecule has 0 unspecified atom stereocenters. The maximum atomic E-state index is 10.5. The van der Waals surface area contributed by atoms with Gasteiger partial charge in [-0.15, -0.1) is 0 Å². The highest BCUT2D eigenvalue weighted by atomic mass is 16.7. The van der Waals surface area contributed by atoms with Crippen LogP contribution in [0.1, 0.15) is 40.5 Å². The topological polar surface area (TPSA) is 77.0 Å². The molecule has 1 amide bonds. The molecule has 2 N–H and O–H groups in total. The van der Waals surface area contributed by atoms with Crippen LogP contribution in [-0.4, -0.2) is 41.7 Å². The molecule has 1 aromatic carbocycles. The number of hydrogen-bond donors (Lipinski definition) is 2. The van der Waals surface area contributed by atoms with E-state index in [1.54, 1.807) is 0 Å². The van der Waals surface area contributed by atoms with E-state index in [-0.39, 0.29) is 30.5 Å². The number of nitrogens with one attached hydrogen (secondary N) is 1. The summed E-state index contributed by atoms with van der Waals surface area (Å²) < 4.78 is 17.9. The molecule has 1 aliphatic carbocycles. The summed E-state index contributed by atoms with van der Waals surface area (Å²) in [4.78, 5) is 10.5. The molecule has 6 nitrogen and oxygen atoms in total. The molecule has 24 heavy (non-hydrogen) atoms. The van der Waals surface area contributed by atoms with E-state index in [1.165, 1.54) is 0 Å².